The van der Waals surface area contributed by atoms with E-state index in [4.69, 9.17) is 5.73 Å². The highest BCUT2D eigenvalue weighted by Crippen LogP contribution is 2.24. The first-order valence-corrected chi connectivity index (χ1v) is 8.94. The minimum absolute atomic E-state index is 0.194. The van der Waals surface area contributed by atoms with Gasteiger partial charge in [0.25, 0.3) is 0 Å². The Labute approximate surface area is 157 Å². The van der Waals surface area contributed by atoms with Crippen molar-refractivity contribution >= 4 is 17.6 Å². The Kier molecular flexibility index (Phi) is 6.03. The SMILES string of the molecule is NC(=O)N1CCCN([C@@H](C(=O)Nc2ccc(F)cc2)c2ccccc2)CC1. The Hall–Kier alpha value is -2.93. The van der Waals surface area contributed by atoms with E-state index in [9.17, 15) is 14.0 Å². The Bertz CT molecular complexity index is 782. The first-order chi connectivity index (χ1) is 13.0. The zero-order valence-electron chi connectivity index (χ0n) is 15.0. The number of hydrogen-bond donors (Lipinski definition) is 2. The summed E-state index contributed by atoms with van der Waals surface area (Å²) in [5, 5.41) is 2.87. The van der Waals surface area contributed by atoms with Gasteiger partial charge in [0.15, 0.2) is 0 Å². The third-order valence-electron chi connectivity index (χ3n) is 4.68. The predicted octanol–water partition coefficient (Wildman–Crippen LogP) is 2.59. The van der Waals surface area contributed by atoms with E-state index in [-0.39, 0.29) is 11.7 Å². The van der Waals surface area contributed by atoms with Crippen molar-refractivity contribution in [3.63, 3.8) is 0 Å². The zero-order valence-corrected chi connectivity index (χ0v) is 15.0. The Morgan fingerprint density at radius 1 is 0.963 bits per heavy atom. The van der Waals surface area contributed by atoms with Gasteiger partial charge in [0.1, 0.15) is 11.9 Å². The summed E-state index contributed by atoms with van der Waals surface area (Å²) in [6, 6.07) is 14.2. The molecule has 0 aromatic heterocycles. The van der Waals surface area contributed by atoms with Crippen LogP contribution < -0.4 is 11.1 Å². The molecule has 2 aromatic rings. The van der Waals surface area contributed by atoms with Crippen molar-refractivity contribution in [3.8, 4) is 0 Å². The van der Waals surface area contributed by atoms with Crippen LogP contribution in [0, 0.1) is 5.82 Å². The molecule has 1 fully saturated rings. The molecule has 6 nitrogen and oxygen atoms in total. The van der Waals surface area contributed by atoms with Crippen LogP contribution in [0.15, 0.2) is 54.6 Å². The lowest BCUT2D eigenvalue weighted by atomic mass is 10.0. The number of halogens is 1. The number of carbonyl (C=O) groups is 2. The van der Waals surface area contributed by atoms with Crippen molar-refractivity contribution in [1.29, 1.82) is 0 Å². The van der Waals surface area contributed by atoms with E-state index >= 15 is 0 Å². The van der Waals surface area contributed by atoms with Crippen molar-refractivity contribution < 1.29 is 14.0 Å². The van der Waals surface area contributed by atoms with Crippen LogP contribution in [0.25, 0.3) is 0 Å². The van der Waals surface area contributed by atoms with Crippen LogP contribution in [0.2, 0.25) is 0 Å². The second kappa shape index (κ2) is 8.64. The van der Waals surface area contributed by atoms with Gasteiger partial charge in [-0.05, 0) is 36.2 Å². The van der Waals surface area contributed by atoms with E-state index in [1.807, 2.05) is 30.3 Å². The van der Waals surface area contributed by atoms with Gasteiger partial charge in [0.2, 0.25) is 5.91 Å². The summed E-state index contributed by atoms with van der Waals surface area (Å²) >= 11 is 0. The van der Waals surface area contributed by atoms with Gasteiger partial charge >= 0.3 is 6.03 Å². The maximum Gasteiger partial charge on any atom is 0.314 e. The van der Waals surface area contributed by atoms with Crippen molar-refractivity contribution in [2.75, 3.05) is 31.5 Å². The summed E-state index contributed by atoms with van der Waals surface area (Å²) in [7, 11) is 0. The number of amides is 3. The lowest BCUT2D eigenvalue weighted by molar-refractivity contribution is -0.121. The van der Waals surface area contributed by atoms with Crippen LogP contribution in [0.1, 0.15) is 18.0 Å². The van der Waals surface area contributed by atoms with Crippen LogP contribution in [0.4, 0.5) is 14.9 Å². The molecule has 1 aliphatic rings. The highest BCUT2D eigenvalue weighted by Gasteiger charge is 2.29. The minimum atomic E-state index is -0.510. The van der Waals surface area contributed by atoms with Crippen molar-refractivity contribution in [1.82, 2.24) is 9.80 Å². The smallest absolute Gasteiger partial charge is 0.314 e. The minimum Gasteiger partial charge on any atom is -0.351 e. The van der Waals surface area contributed by atoms with E-state index in [1.54, 1.807) is 4.90 Å². The van der Waals surface area contributed by atoms with Crippen LogP contribution in [0.3, 0.4) is 0 Å². The summed E-state index contributed by atoms with van der Waals surface area (Å²) in [6.07, 6.45) is 0.732. The van der Waals surface area contributed by atoms with Crippen LogP contribution >= 0.6 is 0 Å². The predicted molar refractivity (Wildman–Crippen MR) is 102 cm³/mol. The van der Waals surface area contributed by atoms with Gasteiger partial charge in [0.05, 0.1) is 0 Å². The molecule has 3 rings (SSSR count). The molecule has 3 amide bonds. The van der Waals surface area contributed by atoms with Gasteiger partial charge < -0.3 is 16.0 Å². The lowest BCUT2D eigenvalue weighted by Crippen LogP contribution is -2.41. The number of hydrogen-bond acceptors (Lipinski definition) is 3. The molecule has 1 saturated heterocycles. The van der Waals surface area contributed by atoms with E-state index < -0.39 is 12.1 Å². The number of carbonyl (C=O) groups excluding carboxylic acids is 2. The van der Waals surface area contributed by atoms with E-state index in [0.29, 0.717) is 31.9 Å². The maximum absolute atomic E-state index is 13.1. The van der Waals surface area contributed by atoms with Gasteiger partial charge in [-0.2, -0.15) is 0 Å². The van der Waals surface area contributed by atoms with E-state index in [1.165, 1.54) is 24.3 Å². The quantitative estimate of drug-likeness (QED) is 0.868. The fourth-order valence-electron chi connectivity index (χ4n) is 3.32. The Morgan fingerprint density at radius 2 is 1.67 bits per heavy atom. The molecule has 0 unspecified atom stereocenters. The fourth-order valence-corrected chi connectivity index (χ4v) is 3.32. The third kappa shape index (κ3) is 4.83. The number of primary amides is 1. The van der Waals surface area contributed by atoms with Crippen LogP contribution in [-0.2, 0) is 4.79 Å². The fraction of sp³-hybridized carbons (Fsp3) is 0.300. The summed E-state index contributed by atoms with van der Waals surface area (Å²) in [5.74, 6) is -0.549. The summed E-state index contributed by atoms with van der Waals surface area (Å²) in [4.78, 5) is 28.2. The van der Waals surface area contributed by atoms with Gasteiger partial charge in [-0.1, -0.05) is 30.3 Å². The van der Waals surface area contributed by atoms with Gasteiger partial charge in [-0.3, -0.25) is 9.69 Å². The molecule has 0 radical (unpaired) electrons. The summed E-state index contributed by atoms with van der Waals surface area (Å²) < 4.78 is 13.1. The number of nitrogens with one attached hydrogen (secondary N) is 1. The van der Waals surface area contributed by atoms with E-state index in [0.717, 1.165) is 12.0 Å². The largest absolute Gasteiger partial charge is 0.351 e. The molecule has 0 aliphatic carbocycles. The first-order valence-electron chi connectivity index (χ1n) is 8.94. The zero-order chi connectivity index (χ0) is 19.2. The topological polar surface area (TPSA) is 78.7 Å². The molecule has 1 atom stereocenters. The standard InChI is InChI=1S/C20H23FN4O2/c21-16-7-9-17(10-8-16)23-19(26)18(15-5-2-1-3-6-15)24-11-4-12-25(14-13-24)20(22)27/h1-3,5-10,18H,4,11-14H2,(H2,22,27)(H,23,26)/t18-/m1/s1. The van der Waals surface area contributed by atoms with Gasteiger partial charge in [-0.25, -0.2) is 9.18 Å². The molecule has 7 heteroatoms. The van der Waals surface area contributed by atoms with Crippen LogP contribution in [-0.4, -0.2) is 47.9 Å². The normalized spacial score (nSPS) is 16.4. The third-order valence-corrected chi connectivity index (χ3v) is 4.68. The molecule has 2 aromatic carbocycles. The Morgan fingerprint density at radius 3 is 2.33 bits per heavy atom. The second-order valence-electron chi connectivity index (χ2n) is 6.52. The molecule has 1 aliphatic heterocycles. The molecule has 142 valence electrons. The van der Waals surface area contributed by atoms with Crippen LogP contribution in [0.5, 0.6) is 0 Å². The number of urea groups is 1. The molecule has 0 bridgehead atoms. The molecule has 27 heavy (non-hydrogen) atoms. The Balaban J connectivity index is 1.81. The second-order valence-corrected chi connectivity index (χ2v) is 6.52. The average molecular weight is 370 g/mol. The monoisotopic (exact) mass is 370 g/mol. The maximum atomic E-state index is 13.1. The van der Waals surface area contributed by atoms with Crippen molar-refractivity contribution in [3.05, 3.63) is 66.0 Å². The van der Waals surface area contributed by atoms with Crippen molar-refractivity contribution in [2.24, 2.45) is 5.73 Å². The first kappa shape index (κ1) is 18.8. The van der Waals surface area contributed by atoms with Gasteiger partial charge in [0, 0.05) is 31.9 Å². The van der Waals surface area contributed by atoms with E-state index in [2.05, 4.69) is 10.2 Å². The molecular formula is C20H23FN4O2. The average Bonchev–Trinajstić information content (AvgIpc) is 2.91. The summed E-state index contributed by atoms with van der Waals surface area (Å²) in [6.45, 7) is 2.26. The summed E-state index contributed by atoms with van der Waals surface area (Å²) in [5.41, 5.74) is 6.81. The molecular weight excluding hydrogens is 347 g/mol. The number of anilines is 1. The lowest BCUT2D eigenvalue weighted by Gasteiger charge is -2.30. The number of nitrogens with two attached hydrogens (primary N) is 1. The molecule has 0 saturated carbocycles. The highest BCUT2D eigenvalue weighted by molar-refractivity contribution is 5.95. The van der Waals surface area contributed by atoms with Crippen molar-refractivity contribution in [2.45, 2.75) is 12.5 Å². The molecule has 1 heterocycles. The number of nitrogens with zero attached hydrogens (tertiary/aromatic N) is 2. The molecule has 0 spiro atoms. The number of benzene rings is 2. The highest BCUT2D eigenvalue weighted by atomic mass is 19.1. The molecule has 3 N–H and O–H groups in total. The number of rotatable bonds is 4. The van der Waals surface area contributed by atoms with Gasteiger partial charge in [-0.15, -0.1) is 0 Å².